The number of aromatic carboxylic acids is 1. The maximum Gasteiger partial charge on any atom is 0.339 e. The third-order valence-electron chi connectivity index (χ3n) is 5.09. The van der Waals surface area contributed by atoms with E-state index in [0.717, 1.165) is 33.2 Å². The van der Waals surface area contributed by atoms with Crippen LogP contribution in [0, 0.1) is 0 Å². The zero-order chi connectivity index (χ0) is 20.0. The lowest BCUT2D eigenvalue weighted by Crippen LogP contribution is -2.36. The van der Waals surface area contributed by atoms with Gasteiger partial charge in [-0.1, -0.05) is 6.07 Å². The van der Waals surface area contributed by atoms with Crippen molar-refractivity contribution in [2.75, 3.05) is 14.1 Å². The number of aromatic nitrogens is 2. The highest BCUT2D eigenvalue weighted by Gasteiger charge is 2.31. The predicted molar refractivity (Wildman–Crippen MR) is 107 cm³/mol. The molecule has 1 unspecified atom stereocenters. The molecule has 0 bridgehead atoms. The Morgan fingerprint density at radius 2 is 2.25 bits per heavy atom. The molecule has 28 heavy (non-hydrogen) atoms. The van der Waals surface area contributed by atoms with Gasteiger partial charge in [0.1, 0.15) is 17.5 Å². The van der Waals surface area contributed by atoms with Crippen LogP contribution < -0.4 is 10.1 Å². The first-order valence-electron chi connectivity index (χ1n) is 9.23. The number of pyridine rings is 1. The van der Waals surface area contributed by atoms with Crippen LogP contribution in [0.15, 0.2) is 30.7 Å². The van der Waals surface area contributed by atoms with Crippen molar-refractivity contribution in [1.29, 1.82) is 0 Å². The van der Waals surface area contributed by atoms with Crippen molar-refractivity contribution >= 4 is 16.9 Å². The number of hydrogen-bond acceptors (Lipinski definition) is 5. The first kappa shape index (κ1) is 18.5. The molecule has 0 amide bonds. The van der Waals surface area contributed by atoms with Crippen molar-refractivity contribution in [3.8, 4) is 16.9 Å². The van der Waals surface area contributed by atoms with E-state index in [1.54, 1.807) is 6.20 Å². The highest BCUT2D eigenvalue weighted by atomic mass is 16.5. The molecule has 0 radical (unpaired) electrons. The van der Waals surface area contributed by atoms with Crippen LogP contribution >= 0.6 is 0 Å². The molecule has 146 valence electrons. The standard InChI is InChI=1S/C21H24N4O3/c1-12-23-9-14-17-15(13-6-5-7-22-8-13)11-25(4)19(17)16(10-24(2)3)18(21(26)27)20(14)28-12/h5-8,11-12,23H,9-10H2,1-4H3,(H,26,27). The van der Waals surface area contributed by atoms with Gasteiger partial charge in [-0.15, -0.1) is 0 Å². The fourth-order valence-corrected chi connectivity index (χ4v) is 4.02. The number of carboxylic acid groups (broad SMARTS) is 1. The first-order valence-corrected chi connectivity index (χ1v) is 9.23. The Morgan fingerprint density at radius 1 is 1.46 bits per heavy atom. The molecule has 0 saturated heterocycles. The molecule has 1 aromatic carbocycles. The number of ether oxygens (including phenoxy) is 1. The molecular weight excluding hydrogens is 356 g/mol. The Kier molecular flexibility index (Phi) is 4.56. The van der Waals surface area contributed by atoms with Gasteiger partial charge in [0.05, 0.1) is 5.52 Å². The second-order valence-corrected chi connectivity index (χ2v) is 7.46. The van der Waals surface area contributed by atoms with Crippen LogP contribution in [0.3, 0.4) is 0 Å². The molecule has 3 heterocycles. The Bertz CT molecular complexity index is 1060. The second kappa shape index (κ2) is 6.92. The van der Waals surface area contributed by atoms with Crippen LogP contribution in [0.1, 0.15) is 28.4 Å². The fourth-order valence-electron chi connectivity index (χ4n) is 4.02. The number of nitrogens with one attached hydrogen (secondary N) is 1. The van der Waals surface area contributed by atoms with Gasteiger partial charge in [0.25, 0.3) is 0 Å². The average Bonchev–Trinajstić information content (AvgIpc) is 2.99. The van der Waals surface area contributed by atoms with E-state index in [0.29, 0.717) is 18.8 Å². The SMILES string of the molecule is CC1NCc2c(c(C(=O)O)c(CN(C)C)c3c2c(-c2cccnc2)cn3C)O1. The van der Waals surface area contributed by atoms with Gasteiger partial charge in [-0.05, 0) is 27.1 Å². The van der Waals surface area contributed by atoms with E-state index in [-0.39, 0.29) is 11.8 Å². The molecule has 0 spiro atoms. The van der Waals surface area contributed by atoms with E-state index in [9.17, 15) is 9.90 Å². The van der Waals surface area contributed by atoms with Crippen LogP contribution in [0.5, 0.6) is 5.75 Å². The van der Waals surface area contributed by atoms with Crippen molar-refractivity contribution in [3.05, 3.63) is 47.4 Å². The third-order valence-corrected chi connectivity index (χ3v) is 5.09. The van der Waals surface area contributed by atoms with E-state index in [1.165, 1.54) is 0 Å². The minimum Gasteiger partial charge on any atom is -0.478 e. The van der Waals surface area contributed by atoms with E-state index >= 15 is 0 Å². The number of fused-ring (bicyclic) bond motifs is 3. The van der Waals surface area contributed by atoms with Gasteiger partial charge in [0, 0.05) is 66.4 Å². The van der Waals surface area contributed by atoms with Crippen LogP contribution in [-0.2, 0) is 20.1 Å². The summed E-state index contributed by atoms with van der Waals surface area (Å²) in [5, 5.41) is 14.4. The summed E-state index contributed by atoms with van der Waals surface area (Å²) in [5.74, 6) is -0.493. The van der Waals surface area contributed by atoms with Crippen LogP contribution in [0.2, 0.25) is 0 Å². The summed E-state index contributed by atoms with van der Waals surface area (Å²) >= 11 is 0. The zero-order valence-corrected chi connectivity index (χ0v) is 16.5. The van der Waals surface area contributed by atoms with Crippen LogP contribution in [-0.4, -0.2) is 45.9 Å². The smallest absolute Gasteiger partial charge is 0.339 e. The maximum atomic E-state index is 12.3. The van der Waals surface area contributed by atoms with Crippen LogP contribution in [0.25, 0.3) is 22.0 Å². The van der Waals surface area contributed by atoms with Crippen molar-refractivity contribution < 1.29 is 14.6 Å². The number of rotatable bonds is 4. The van der Waals surface area contributed by atoms with Crippen molar-refractivity contribution in [2.45, 2.75) is 26.2 Å². The number of nitrogens with zero attached hydrogens (tertiary/aromatic N) is 3. The van der Waals surface area contributed by atoms with Gasteiger partial charge >= 0.3 is 5.97 Å². The lowest BCUT2D eigenvalue weighted by atomic mass is 9.92. The molecule has 4 rings (SSSR count). The Labute approximate surface area is 163 Å². The molecule has 7 nitrogen and oxygen atoms in total. The predicted octanol–water partition coefficient (Wildman–Crippen LogP) is 2.83. The lowest BCUT2D eigenvalue weighted by Gasteiger charge is -2.29. The summed E-state index contributed by atoms with van der Waals surface area (Å²) in [6.45, 7) is 2.94. The summed E-state index contributed by atoms with van der Waals surface area (Å²) in [5.41, 5.74) is 4.84. The maximum absolute atomic E-state index is 12.3. The topological polar surface area (TPSA) is 79.6 Å². The average molecular weight is 380 g/mol. The minimum atomic E-state index is -0.965. The summed E-state index contributed by atoms with van der Waals surface area (Å²) in [7, 11) is 5.83. The van der Waals surface area contributed by atoms with Gasteiger partial charge in [0.2, 0.25) is 0 Å². The highest BCUT2D eigenvalue weighted by Crippen LogP contribution is 2.43. The van der Waals surface area contributed by atoms with Gasteiger partial charge < -0.3 is 19.3 Å². The quantitative estimate of drug-likeness (QED) is 0.725. The van der Waals surface area contributed by atoms with E-state index in [4.69, 9.17) is 4.74 Å². The molecule has 7 heteroatoms. The van der Waals surface area contributed by atoms with Crippen molar-refractivity contribution in [1.82, 2.24) is 19.8 Å². The monoisotopic (exact) mass is 380 g/mol. The van der Waals surface area contributed by atoms with E-state index in [1.807, 2.05) is 62.1 Å². The molecule has 1 aliphatic rings. The minimum absolute atomic E-state index is 0.249. The molecular formula is C21H24N4O3. The normalized spacial score (nSPS) is 16.2. The number of aryl methyl sites for hydroxylation is 1. The van der Waals surface area contributed by atoms with Gasteiger partial charge in [-0.25, -0.2) is 4.79 Å². The summed E-state index contributed by atoms with van der Waals surface area (Å²) in [4.78, 5) is 18.5. The molecule has 1 aliphatic heterocycles. The van der Waals surface area contributed by atoms with Crippen molar-refractivity contribution in [2.24, 2.45) is 7.05 Å². The summed E-state index contributed by atoms with van der Waals surface area (Å²) in [6.07, 6.45) is 5.37. The fraction of sp³-hybridized carbons (Fsp3) is 0.333. The number of carbonyl (C=O) groups is 1. The molecule has 0 fully saturated rings. The first-order chi connectivity index (χ1) is 13.4. The highest BCUT2D eigenvalue weighted by molar-refractivity contribution is 6.07. The number of benzene rings is 1. The number of hydrogen-bond donors (Lipinski definition) is 2. The van der Waals surface area contributed by atoms with Gasteiger partial charge in [-0.2, -0.15) is 0 Å². The molecule has 2 aromatic heterocycles. The van der Waals surface area contributed by atoms with Gasteiger partial charge in [-0.3, -0.25) is 10.3 Å². The van der Waals surface area contributed by atoms with Crippen LogP contribution in [0.4, 0.5) is 0 Å². The Balaban J connectivity index is 2.15. The summed E-state index contributed by atoms with van der Waals surface area (Å²) in [6, 6.07) is 3.93. The van der Waals surface area contributed by atoms with Crippen molar-refractivity contribution in [3.63, 3.8) is 0 Å². The largest absolute Gasteiger partial charge is 0.478 e. The van der Waals surface area contributed by atoms with E-state index in [2.05, 4.69) is 10.3 Å². The number of carboxylic acids is 1. The van der Waals surface area contributed by atoms with Gasteiger partial charge in [0.15, 0.2) is 0 Å². The van der Waals surface area contributed by atoms with E-state index < -0.39 is 5.97 Å². The Morgan fingerprint density at radius 3 is 2.89 bits per heavy atom. The third kappa shape index (κ3) is 2.93. The molecule has 1 atom stereocenters. The Hall–Kier alpha value is -2.90. The second-order valence-electron chi connectivity index (χ2n) is 7.46. The zero-order valence-electron chi connectivity index (χ0n) is 16.5. The summed E-state index contributed by atoms with van der Waals surface area (Å²) < 4.78 is 8.03. The molecule has 3 aromatic rings. The lowest BCUT2D eigenvalue weighted by molar-refractivity contribution is 0.0682. The molecule has 0 aliphatic carbocycles. The molecule has 2 N–H and O–H groups in total. The molecule has 0 saturated carbocycles.